The molecule has 8 nitrogen and oxygen atoms in total. The minimum Gasteiger partial charge on any atom is -0.477 e. The summed E-state index contributed by atoms with van der Waals surface area (Å²) in [5.41, 5.74) is 0.710. The minimum absolute atomic E-state index is 0.0117. The van der Waals surface area contributed by atoms with Crippen LogP contribution in [0.15, 0.2) is 27.7 Å². The molecule has 2 aromatic rings. The predicted octanol–water partition coefficient (Wildman–Crippen LogP) is 0.863. The molecule has 0 saturated heterocycles. The van der Waals surface area contributed by atoms with Gasteiger partial charge in [0.2, 0.25) is 10.0 Å². The molecule has 0 amide bonds. The Balaban J connectivity index is 2.14. The number of carboxylic acid groups (broad SMARTS) is 1. The maximum Gasteiger partial charge on any atom is 0.354 e. The van der Waals surface area contributed by atoms with E-state index in [-0.39, 0.29) is 28.6 Å². The van der Waals surface area contributed by atoms with Crippen LogP contribution >= 0.6 is 0 Å². The number of nitrogens with one attached hydrogen (secondary N) is 1. The van der Waals surface area contributed by atoms with Gasteiger partial charge in [0.25, 0.3) is 0 Å². The van der Waals surface area contributed by atoms with Gasteiger partial charge in [0.1, 0.15) is 16.3 Å². The van der Waals surface area contributed by atoms with E-state index in [0.29, 0.717) is 5.56 Å². The second-order valence-electron chi connectivity index (χ2n) is 4.33. The van der Waals surface area contributed by atoms with Crippen molar-refractivity contribution in [2.75, 3.05) is 0 Å². The van der Waals surface area contributed by atoms with Crippen molar-refractivity contribution in [2.45, 2.75) is 25.3 Å². The number of rotatable bonds is 5. The summed E-state index contributed by atoms with van der Waals surface area (Å²) in [4.78, 5) is 14.4. The van der Waals surface area contributed by atoms with Gasteiger partial charge in [-0.05, 0) is 25.5 Å². The number of pyridine rings is 1. The number of aromatic nitrogens is 2. The third-order valence-electron chi connectivity index (χ3n) is 2.75. The summed E-state index contributed by atoms with van der Waals surface area (Å²) < 4.78 is 31.5. The van der Waals surface area contributed by atoms with Crippen LogP contribution in [0.5, 0.6) is 0 Å². The van der Waals surface area contributed by atoms with Crippen molar-refractivity contribution in [3.63, 3.8) is 0 Å². The quantitative estimate of drug-likeness (QED) is 0.839. The summed E-state index contributed by atoms with van der Waals surface area (Å²) in [6.45, 7) is 3.03. The van der Waals surface area contributed by atoms with Crippen LogP contribution in [-0.2, 0) is 16.6 Å². The SMILES string of the molecule is Cc1noc(C)c1S(=O)(=O)NCc1ccc(C(=O)O)nc1. The molecule has 0 radical (unpaired) electrons. The van der Waals surface area contributed by atoms with E-state index in [1.165, 1.54) is 32.2 Å². The molecule has 112 valence electrons. The number of aromatic carboxylic acids is 1. The summed E-state index contributed by atoms with van der Waals surface area (Å²) in [6.07, 6.45) is 1.30. The number of sulfonamides is 1. The molecule has 0 atom stereocenters. The van der Waals surface area contributed by atoms with Crippen molar-refractivity contribution < 1.29 is 22.8 Å². The second kappa shape index (κ2) is 5.62. The van der Waals surface area contributed by atoms with Crippen LogP contribution in [0.2, 0.25) is 0 Å². The van der Waals surface area contributed by atoms with E-state index >= 15 is 0 Å². The number of hydrogen-bond donors (Lipinski definition) is 2. The first-order chi connectivity index (χ1) is 9.81. The van der Waals surface area contributed by atoms with Gasteiger partial charge in [0, 0.05) is 12.7 Å². The number of hydrogen-bond acceptors (Lipinski definition) is 6. The zero-order valence-corrected chi connectivity index (χ0v) is 12.1. The first-order valence-electron chi connectivity index (χ1n) is 5.92. The molecule has 0 spiro atoms. The number of carboxylic acids is 1. The highest BCUT2D eigenvalue weighted by Gasteiger charge is 2.23. The molecule has 2 aromatic heterocycles. The predicted molar refractivity (Wildman–Crippen MR) is 71.2 cm³/mol. The molecule has 0 aliphatic rings. The second-order valence-corrected chi connectivity index (χ2v) is 6.04. The van der Waals surface area contributed by atoms with Crippen LogP contribution < -0.4 is 4.72 Å². The summed E-state index contributed by atoms with van der Waals surface area (Å²) in [5, 5.41) is 12.3. The van der Waals surface area contributed by atoms with E-state index in [4.69, 9.17) is 9.63 Å². The van der Waals surface area contributed by atoms with Crippen molar-refractivity contribution in [3.05, 3.63) is 41.0 Å². The van der Waals surface area contributed by atoms with Gasteiger partial charge in [-0.1, -0.05) is 11.2 Å². The molecule has 0 saturated carbocycles. The molecule has 0 bridgehead atoms. The van der Waals surface area contributed by atoms with E-state index in [1.807, 2.05) is 0 Å². The van der Waals surface area contributed by atoms with Gasteiger partial charge in [-0.15, -0.1) is 0 Å². The normalized spacial score (nSPS) is 11.5. The molecule has 2 N–H and O–H groups in total. The molecular formula is C12H13N3O5S. The van der Waals surface area contributed by atoms with Crippen LogP contribution in [0.25, 0.3) is 0 Å². The Morgan fingerprint density at radius 2 is 2.10 bits per heavy atom. The first-order valence-corrected chi connectivity index (χ1v) is 7.40. The molecule has 21 heavy (non-hydrogen) atoms. The third kappa shape index (κ3) is 3.26. The van der Waals surface area contributed by atoms with Crippen molar-refractivity contribution in [3.8, 4) is 0 Å². The Kier molecular flexibility index (Phi) is 4.05. The summed E-state index contributed by atoms with van der Waals surface area (Å²) in [6, 6.07) is 2.80. The fourth-order valence-electron chi connectivity index (χ4n) is 1.76. The molecule has 0 unspecified atom stereocenters. The number of nitrogens with zero attached hydrogens (tertiary/aromatic N) is 2. The molecular weight excluding hydrogens is 298 g/mol. The fourth-order valence-corrected chi connectivity index (χ4v) is 3.11. The molecule has 2 rings (SSSR count). The van der Waals surface area contributed by atoms with Gasteiger partial charge in [0.15, 0.2) is 5.76 Å². The van der Waals surface area contributed by atoms with E-state index in [1.54, 1.807) is 0 Å². The molecule has 0 aliphatic heterocycles. The summed E-state index contributed by atoms with van der Waals surface area (Å²) >= 11 is 0. The van der Waals surface area contributed by atoms with Crippen molar-refractivity contribution >= 4 is 16.0 Å². The average molecular weight is 311 g/mol. The van der Waals surface area contributed by atoms with Crippen molar-refractivity contribution in [2.24, 2.45) is 0 Å². The maximum atomic E-state index is 12.2. The van der Waals surface area contributed by atoms with Crippen molar-refractivity contribution in [1.82, 2.24) is 14.9 Å². The fraction of sp³-hybridized carbons (Fsp3) is 0.250. The lowest BCUT2D eigenvalue weighted by molar-refractivity contribution is 0.0690. The Labute approximate surface area is 120 Å². The lowest BCUT2D eigenvalue weighted by atomic mass is 10.2. The Bertz CT molecular complexity index is 745. The maximum absolute atomic E-state index is 12.2. The number of carbonyl (C=O) groups is 1. The smallest absolute Gasteiger partial charge is 0.354 e. The molecule has 0 aliphatic carbocycles. The van der Waals surface area contributed by atoms with Crippen LogP contribution in [0, 0.1) is 13.8 Å². The van der Waals surface area contributed by atoms with E-state index in [0.717, 1.165) is 0 Å². The van der Waals surface area contributed by atoms with E-state index in [2.05, 4.69) is 14.9 Å². The Hall–Kier alpha value is -2.26. The summed E-state index contributed by atoms with van der Waals surface area (Å²) in [7, 11) is -3.75. The number of aryl methyl sites for hydroxylation is 2. The largest absolute Gasteiger partial charge is 0.477 e. The first kappa shape index (κ1) is 15.1. The lowest BCUT2D eigenvalue weighted by Gasteiger charge is -2.06. The van der Waals surface area contributed by atoms with Crippen LogP contribution in [0.1, 0.15) is 27.5 Å². The topological polar surface area (TPSA) is 122 Å². The van der Waals surface area contributed by atoms with Gasteiger partial charge in [-0.25, -0.2) is 22.9 Å². The average Bonchev–Trinajstić information content (AvgIpc) is 2.77. The Morgan fingerprint density at radius 3 is 2.57 bits per heavy atom. The molecule has 2 heterocycles. The summed E-state index contributed by atoms with van der Waals surface area (Å²) in [5.74, 6) is -0.933. The lowest BCUT2D eigenvalue weighted by Crippen LogP contribution is -2.24. The van der Waals surface area contributed by atoms with E-state index in [9.17, 15) is 13.2 Å². The zero-order valence-electron chi connectivity index (χ0n) is 11.3. The van der Waals surface area contributed by atoms with Crippen LogP contribution in [0.3, 0.4) is 0 Å². The van der Waals surface area contributed by atoms with Gasteiger partial charge in [0.05, 0.1) is 0 Å². The highest BCUT2D eigenvalue weighted by atomic mass is 32.2. The molecule has 0 aromatic carbocycles. The van der Waals surface area contributed by atoms with Gasteiger partial charge in [-0.2, -0.15) is 0 Å². The standard InChI is InChI=1S/C12H13N3O5S/c1-7-11(8(2)20-15-7)21(18,19)14-6-9-3-4-10(12(16)17)13-5-9/h3-5,14H,6H2,1-2H3,(H,16,17). The van der Waals surface area contributed by atoms with Crippen molar-refractivity contribution in [1.29, 1.82) is 0 Å². The Morgan fingerprint density at radius 1 is 1.38 bits per heavy atom. The molecule has 0 fully saturated rings. The minimum atomic E-state index is -3.75. The monoisotopic (exact) mass is 311 g/mol. The molecule has 9 heteroatoms. The van der Waals surface area contributed by atoms with Gasteiger partial charge < -0.3 is 9.63 Å². The van der Waals surface area contributed by atoms with E-state index < -0.39 is 16.0 Å². The zero-order chi connectivity index (χ0) is 15.6. The third-order valence-corrected chi connectivity index (χ3v) is 4.39. The van der Waals surface area contributed by atoms with Crippen LogP contribution in [-0.4, -0.2) is 29.6 Å². The van der Waals surface area contributed by atoms with Crippen LogP contribution in [0.4, 0.5) is 0 Å². The highest BCUT2D eigenvalue weighted by Crippen LogP contribution is 2.18. The van der Waals surface area contributed by atoms with Gasteiger partial charge >= 0.3 is 5.97 Å². The highest BCUT2D eigenvalue weighted by molar-refractivity contribution is 7.89. The van der Waals surface area contributed by atoms with Gasteiger partial charge in [-0.3, -0.25) is 0 Å².